The molecule has 13 heteroatoms. The van der Waals surface area contributed by atoms with Crippen LogP contribution >= 0.6 is 0 Å². The number of hydrogen-bond acceptors (Lipinski definition) is 8. The van der Waals surface area contributed by atoms with Gasteiger partial charge in [-0.3, -0.25) is 9.89 Å². The lowest BCUT2D eigenvalue weighted by Gasteiger charge is -2.15. The summed E-state index contributed by atoms with van der Waals surface area (Å²) in [7, 11) is 0. The Kier molecular flexibility index (Phi) is 8.75. The number of aromatic amines is 2. The number of H-pyrrole nitrogens is 2. The van der Waals surface area contributed by atoms with Gasteiger partial charge in [0.2, 0.25) is 0 Å². The zero-order valence-electron chi connectivity index (χ0n) is 22.7. The van der Waals surface area contributed by atoms with E-state index in [0.29, 0.717) is 62.4 Å². The lowest BCUT2D eigenvalue weighted by Crippen LogP contribution is -2.19. The van der Waals surface area contributed by atoms with Crippen molar-refractivity contribution in [3.05, 3.63) is 70.3 Å². The van der Waals surface area contributed by atoms with Gasteiger partial charge in [0.1, 0.15) is 5.75 Å². The molecule has 1 aliphatic carbocycles. The van der Waals surface area contributed by atoms with Crippen molar-refractivity contribution in [1.29, 1.82) is 5.26 Å². The lowest BCUT2D eigenvalue weighted by atomic mass is 9.95. The summed E-state index contributed by atoms with van der Waals surface area (Å²) in [6.45, 7) is 2.64. The molecule has 0 saturated heterocycles. The van der Waals surface area contributed by atoms with Crippen LogP contribution in [-0.2, 0) is 16.7 Å². The second-order valence-electron chi connectivity index (χ2n) is 10.2. The number of nitrogens with one attached hydrogen (secondary N) is 4. The van der Waals surface area contributed by atoms with Gasteiger partial charge in [0.15, 0.2) is 0 Å². The van der Waals surface area contributed by atoms with Crippen LogP contribution in [0.25, 0.3) is 22.0 Å². The van der Waals surface area contributed by atoms with Gasteiger partial charge in [-0.1, -0.05) is 6.07 Å². The molecule has 2 heterocycles. The van der Waals surface area contributed by atoms with E-state index in [0.717, 1.165) is 35.0 Å². The van der Waals surface area contributed by atoms with E-state index in [1.807, 2.05) is 12.1 Å². The monoisotopic (exact) mass is 581 g/mol. The Morgan fingerprint density at radius 3 is 2.57 bits per heavy atom. The minimum absolute atomic E-state index is 0.281. The van der Waals surface area contributed by atoms with Crippen molar-refractivity contribution in [2.75, 3.05) is 31.6 Å². The standard InChI is InChI=1S/C29H30F3N7O3/c30-29(31,32)42-23-10-19(9-22(14-23)28(18-33)3-4-28)15-34-5-1-2-7-41-8-6-35-25-11-20(12-26-24(25)17-37-38-26)21-13-27(40)39-36-16-21/h9-14,16-17,34-35H,1-8,15H2,(H,37,38)(H,39,40). The fourth-order valence-corrected chi connectivity index (χ4v) is 4.77. The third-order valence-electron chi connectivity index (χ3n) is 7.06. The van der Waals surface area contributed by atoms with Crippen LogP contribution in [0, 0.1) is 11.3 Å². The molecular weight excluding hydrogens is 551 g/mol. The molecule has 2 aromatic carbocycles. The Hall–Kier alpha value is -4.41. The number of fused-ring (bicyclic) bond motifs is 1. The molecule has 0 amide bonds. The van der Waals surface area contributed by atoms with Crippen molar-refractivity contribution >= 4 is 16.6 Å². The smallest absolute Gasteiger partial charge is 0.406 e. The second kappa shape index (κ2) is 12.6. The molecule has 5 rings (SSSR count). The van der Waals surface area contributed by atoms with E-state index in [1.54, 1.807) is 18.5 Å². The molecule has 4 aromatic rings. The number of hydrogen-bond donors (Lipinski definition) is 4. The Balaban J connectivity index is 1.03. The number of alkyl halides is 3. The number of rotatable bonds is 14. The minimum atomic E-state index is -4.79. The van der Waals surface area contributed by atoms with E-state index in [9.17, 15) is 23.2 Å². The molecule has 0 unspecified atom stereocenters. The third kappa shape index (κ3) is 7.45. The molecular formula is C29H30F3N7O3. The van der Waals surface area contributed by atoms with Crippen LogP contribution in [0.1, 0.15) is 36.8 Å². The topological polar surface area (TPSA) is 141 Å². The molecule has 0 aliphatic heterocycles. The van der Waals surface area contributed by atoms with E-state index in [-0.39, 0.29) is 11.3 Å². The molecule has 0 bridgehead atoms. The predicted molar refractivity (Wildman–Crippen MR) is 150 cm³/mol. The number of unbranched alkanes of at least 4 members (excludes halogenated alkanes) is 1. The normalized spacial score (nSPS) is 14.0. The number of nitriles is 1. The van der Waals surface area contributed by atoms with Crippen molar-refractivity contribution in [3.8, 4) is 22.9 Å². The van der Waals surface area contributed by atoms with Crippen LogP contribution in [0.4, 0.5) is 18.9 Å². The first-order valence-electron chi connectivity index (χ1n) is 13.6. The highest BCUT2D eigenvalue weighted by Crippen LogP contribution is 2.48. The number of anilines is 1. The van der Waals surface area contributed by atoms with Crippen molar-refractivity contribution < 1.29 is 22.6 Å². The first-order valence-corrected chi connectivity index (χ1v) is 13.6. The molecule has 220 valence electrons. The van der Waals surface area contributed by atoms with Gasteiger partial charge in [0.05, 0.1) is 36.0 Å². The van der Waals surface area contributed by atoms with Crippen LogP contribution in [0.2, 0.25) is 0 Å². The number of benzene rings is 2. The van der Waals surface area contributed by atoms with Gasteiger partial charge in [-0.05, 0) is 73.2 Å². The highest BCUT2D eigenvalue weighted by molar-refractivity contribution is 5.95. The van der Waals surface area contributed by atoms with Crippen LogP contribution in [0.15, 0.2) is 53.6 Å². The lowest BCUT2D eigenvalue weighted by molar-refractivity contribution is -0.274. The number of halogens is 3. The summed E-state index contributed by atoms with van der Waals surface area (Å²) in [4.78, 5) is 11.7. The second-order valence-corrected chi connectivity index (χ2v) is 10.2. The summed E-state index contributed by atoms with van der Waals surface area (Å²) in [5.74, 6) is -0.298. The number of aromatic nitrogens is 4. The largest absolute Gasteiger partial charge is 0.573 e. The van der Waals surface area contributed by atoms with Gasteiger partial charge in [-0.15, -0.1) is 13.2 Å². The van der Waals surface area contributed by atoms with Crippen LogP contribution in [0.3, 0.4) is 0 Å². The first-order chi connectivity index (χ1) is 20.2. The maximum absolute atomic E-state index is 12.8. The third-order valence-corrected chi connectivity index (χ3v) is 7.06. The Bertz CT molecular complexity index is 1620. The van der Waals surface area contributed by atoms with Crippen molar-refractivity contribution in [3.63, 3.8) is 0 Å². The molecule has 0 spiro atoms. The van der Waals surface area contributed by atoms with Crippen molar-refractivity contribution in [1.82, 2.24) is 25.7 Å². The maximum Gasteiger partial charge on any atom is 0.573 e. The summed E-state index contributed by atoms with van der Waals surface area (Å²) in [5.41, 5.74) is 3.43. The van der Waals surface area contributed by atoms with Crippen molar-refractivity contribution in [2.24, 2.45) is 0 Å². The number of ether oxygens (including phenoxy) is 2. The molecule has 2 aromatic heterocycles. The zero-order chi connectivity index (χ0) is 29.6. The van der Waals surface area contributed by atoms with E-state index < -0.39 is 11.8 Å². The highest BCUT2D eigenvalue weighted by Gasteiger charge is 2.45. The molecule has 0 radical (unpaired) electrons. The number of nitrogens with zero attached hydrogens (tertiary/aromatic N) is 3. The van der Waals surface area contributed by atoms with E-state index in [2.05, 4.69) is 41.8 Å². The van der Waals surface area contributed by atoms with E-state index in [4.69, 9.17) is 4.74 Å². The summed E-state index contributed by atoms with van der Waals surface area (Å²) in [6.07, 6.45) is 1.44. The Morgan fingerprint density at radius 2 is 1.81 bits per heavy atom. The molecule has 1 fully saturated rings. The average Bonchev–Trinajstić information content (AvgIpc) is 3.61. The zero-order valence-corrected chi connectivity index (χ0v) is 22.7. The SMILES string of the molecule is N#CC1(c2cc(CNCCCCOCCNc3cc(-c4cn[nH]c(=O)c4)cc4[nH]ncc34)cc(OC(F)(F)F)c2)CC1. The molecule has 1 saturated carbocycles. The fourth-order valence-electron chi connectivity index (χ4n) is 4.77. The fraction of sp³-hybridized carbons (Fsp3) is 0.379. The molecule has 4 N–H and O–H groups in total. The van der Waals surface area contributed by atoms with Gasteiger partial charge in [0.25, 0.3) is 5.56 Å². The molecule has 42 heavy (non-hydrogen) atoms. The van der Waals surface area contributed by atoms with Gasteiger partial charge >= 0.3 is 6.36 Å². The highest BCUT2D eigenvalue weighted by atomic mass is 19.4. The van der Waals surface area contributed by atoms with Crippen LogP contribution in [-0.4, -0.2) is 53.1 Å². The average molecular weight is 582 g/mol. The molecule has 0 atom stereocenters. The van der Waals surface area contributed by atoms with Gasteiger partial charge in [-0.2, -0.15) is 15.5 Å². The summed E-state index contributed by atoms with van der Waals surface area (Å²) in [6, 6.07) is 12.0. The Labute approximate surface area is 239 Å². The Morgan fingerprint density at radius 1 is 0.976 bits per heavy atom. The quantitative estimate of drug-likeness (QED) is 0.156. The van der Waals surface area contributed by atoms with Crippen LogP contribution in [0.5, 0.6) is 5.75 Å². The maximum atomic E-state index is 12.8. The van der Waals surface area contributed by atoms with Crippen LogP contribution < -0.4 is 20.9 Å². The summed E-state index contributed by atoms with van der Waals surface area (Å²) >= 11 is 0. The molecule has 10 nitrogen and oxygen atoms in total. The van der Waals surface area contributed by atoms with Gasteiger partial charge in [-0.25, -0.2) is 5.10 Å². The summed E-state index contributed by atoms with van der Waals surface area (Å²) in [5, 5.41) is 30.3. The summed E-state index contributed by atoms with van der Waals surface area (Å²) < 4.78 is 48.3. The van der Waals surface area contributed by atoms with Gasteiger partial charge in [0, 0.05) is 42.4 Å². The minimum Gasteiger partial charge on any atom is -0.406 e. The van der Waals surface area contributed by atoms with E-state index in [1.165, 1.54) is 18.2 Å². The predicted octanol–water partition coefficient (Wildman–Crippen LogP) is 4.77. The van der Waals surface area contributed by atoms with Gasteiger partial charge < -0.3 is 20.1 Å². The first kappa shape index (κ1) is 29.1. The molecule has 1 aliphatic rings. The van der Waals surface area contributed by atoms with Crippen molar-refractivity contribution in [2.45, 2.75) is 44.0 Å². The van der Waals surface area contributed by atoms with E-state index >= 15 is 0 Å².